The highest BCUT2D eigenvalue weighted by Gasteiger charge is 2.06. The van der Waals surface area contributed by atoms with Gasteiger partial charge in [-0.2, -0.15) is 0 Å². The summed E-state index contributed by atoms with van der Waals surface area (Å²) in [4.78, 5) is 11.8. The summed E-state index contributed by atoms with van der Waals surface area (Å²) < 4.78 is 0. The number of anilines is 1. The number of benzene rings is 2. The van der Waals surface area contributed by atoms with Crippen LogP contribution in [0.3, 0.4) is 0 Å². The molecule has 5 heteroatoms. The Labute approximate surface area is 116 Å². The summed E-state index contributed by atoms with van der Waals surface area (Å²) in [6, 6.07) is 15.2. The molecule has 19 heavy (non-hydrogen) atoms. The maximum atomic E-state index is 11.8. The third-order valence-electron chi connectivity index (χ3n) is 2.39. The summed E-state index contributed by atoms with van der Waals surface area (Å²) in [5, 5.41) is 14.8. The minimum atomic E-state index is -0.267. The van der Waals surface area contributed by atoms with Crippen LogP contribution < -0.4 is 10.6 Å². The molecule has 0 saturated carbocycles. The summed E-state index contributed by atoms with van der Waals surface area (Å²) >= 11 is 5.04. The van der Waals surface area contributed by atoms with E-state index < -0.39 is 0 Å². The first kappa shape index (κ1) is 13.0. The second kappa shape index (κ2) is 5.97. The van der Waals surface area contributed by atoms with E-state index in [2.05, 4.69) is 10.6 Å². The van der Waals surface area contributed by atoms with Crippen LogP contribution in [0.15, 0.2) is 54.6 Å². The largest absolute Gasteiger partial charge is 0.508 e. The van der Waals surface area contributed by atoms with Crippen LogP contribution in [0, 0.1) is 0 Å². The Bertz CT molecular complexity index is 582. The number of phenols is 1. The van der Waals surface area contributed by atoms with Gasteiger partial charge in [0.05, 0.1) is 0 Å². The average molecular weight is 272 g/mol. The van der Waals surface area contributed by atoms with Crippen molar-refractivity contribution in [2.24, 2.45) is 0 Å². The normalized spacial score (nSPS) is 9.68. The number of phenolic OH excluding ortho intramolecular Hbond substituents is 1. The molecule has 0 aromatic heterocycles. The van der Waals surface area contributed by atoms with E-state index in [4.69, 9.17) is 17.3 Å². The minimum Gasteiger partial charge on any atom is -0.508 e. The number of hydrogen-bond acceptors (Lipinski definition) is 3. The van der Waals surface area contributed by atoms with Gasteiger partial charge in [0, 0.05) is 11.3 Å². The van der Waals surface area contributed by atoms with Crippen molar-refractivity contribution >= 4 is 28.9 Å². The fraction of sp³-hybridized carbons (Fsp3) is 0. The van der Waals surface area contributed by atoms with E-state index in [9.17, 15) is 4.79 Å². The summed E-state index contributed by atoms with van der Waals surface area (Å²) in [6.45, 7) is 0. The predicted octanol–water partition coefficient (Wildman–Crippen LogP) is 2.52. The zero-order valence-corrected chi connectivity index (χ0v) is 10.8. The summed E-state index contributed by atoms with van der Waals surface area (Å²) in [6.07, 6.45) is 0. The first-order chi connectivity index (χ1) is 9.15. The first-order valence-corrected chi connectivity index (χ1v) is 6.02. The van der Waals surface area contributed by atoms with Gasteiger partial charge < -0.3 is 10.4 Å². The maximum absolute atomic E-state index is 11.8. The third-order valence-corrected chi connectivity index (χ3v) is 2.59. The highest BCUT2D eigenvalue weighted by atomic mass is 32.1. The smallest absolute Gasteiger partial charge is 0.257 e. The molecule has 0 unspecified atom stereocenters. The number of nitrogens with one attached hydrogen (secondary N) is 2. The number of carbonyl (C=O) groups is 1. The van der Waals surface area contributed by atoms with Crippen molar-refractivity contribution in [2.75, 3.05) is 5.32 Å². The molecule has 2 aromatic carbocycles. The van der Waals surface area contributed by atoms with E-state index in [1.807, 2.05) is 6.07 Å². The lowest BCUT2D eigenvalue weighted by atomic mass is 10.2. The van der Waals surface area contributed by atoms with Crippen LogP contribution in [-0.2, 0) is 0 Å². The number of carbonyl (C=O) groups excluding carboxylic acids is 1. The van der Waals surface area contributed by atoms with Gasteiger partial charge in [-0.25, -0.2) is 0 Å². The van der Waals surface area contributed by atoms with E-state index in [0.29, 0.717) is 11.3 Å². The van der Waals surface area contributed by atoms with Gasteiger partial charge in [-0.15, -0.1) is 0 Å². The fourth-order valence-electron chi connectivity index (χ4n) is 1.47. The third kappa shape index (κ3) is 3.79. The quantitative estimate of drug-likeness (QED) is 0.581. The molecule has 0 atom stereocenters. The van der Waals surface area contributed by atoms with Crippen LogP contribution in [0.2, 0.25) is 0 Å². The van der Waals surface area contributed by atoms with Crippen molar-refractivity contribution in [3.05, 3.63) is 60.2 Å². The molecule has 2 rings (SSSR count). The summed E-state index contributed by atoms with van der Waals surface area (Å²) in [5.41, 5.74) is 1.23. The number of aromatic hydroxyl groups is 1. The van der Waals surface area contributed by atoms with Crippen LogP contribution >= 0.6 is 12.2 Å². The van der Waals surface area contributed by atoms with Crippen molar-refractivity contribution < 1.29 is 9.90 Å². The Hall–Kier alpha value is -2.40. The fourth-order valence-corrected chi connectivity index (χ4v) is 1.68. The van der Waals surface area contributed by atoms with Gasteiger partial charge in [0.25, 0.3) is 5.91 Å². The molecule has 1 amide bonds. The van der Waals surface area contributed by atoms with Gasteiger partial charge in [-0.05, 0) is 48.6 Å². The molecule has 0 spiro atoms. The van der Waals surface area contributed by atoms with Gasteiger partial charge in [-0.3, -0.25) is 10.1 Å². The highest BCUT2D eigenvalue weighted by molar-refractivity contribution is 7.80. The van der Waals surface area contributed by atoms with Crippen LogP contribution in [0.25, 0.3) is 0 Å². The lowest BCUT2D eigenvalue weighted by Crippen LogP contribution is -2.34. The van der Waals surface area contributed by atoms with Crippen molar-refractivity contribution in [3.8, 4) is 5.75 Å². The molecule has 0 radical (unpaired) electrons. The standard InChI is InChI=1S/C14H12N2O2S/c17-12-8-6-11(7-9-12)15-14(19)16-13(18)10-4-2-1-3-5-10/h1-9,17H,(H2,15,16,18,19). The maximum Gasteiger partial charge on any atom is 0.257 e. The first-order valence-electron chi connectivity index (χ1n) is 5.61. The zero-order valence-electron chi connectivity index (χ0n) is 9.96. The summed E-state index contributed by atoms with van der Waals surface area (Å²) in [5.74, 6) is -0.0957. The molecule has 3 N–H and O–H groups in total. The van der Waals surface area contributed by atoms with Crippen LogP contribution in [-0.4, -0.2) is 16.1 Å². The monoisotopic (exact) mass is 272 g/mol. The SMILES string of the molecule is O=C(NC(=S)Nc1ccc(O)cc1)c1ccccc1. The number of thiocarbonyl (C=S) groups is 1. The molecule has 0 heterocycles. The molecular weight excluding hydrogens is 260 g/mol. The molecule has 0 aliphatic rings. The lowest BCUT2D eigenvalue weighted by molar-refractivity contribution is 0.0977. The van der Waals surface area contributed by atoms with E-state index in [-0.39, 0.29) is 16.8 Å². The van der Waals surface area contributed by atoms with Gasteiger partial charge in [0.2, 0.25) is 0 Å². The molecule has 0 saturated heterocycles. The Morgan fingerprint density at radius 3 is 2.26 bits per heavy atom. The topological polar surface area (TPSA) is 61.4 Å². The van der Waals surface area contributed by atoms with E-state index in [1.165, 1.54) is 12.1 Å². The van der Waals surface area contributed by atoms with E-state index in [1.54, 1.807) is 36.4 Å². The van der Waals surface area contributed by atoms with E-state index >= 15 is 0 Å². The number of rotatable bonds is 2. The van der Waals surface area contributed by atoms with Gasteiger partial charge >= 0.3 is 0 Å². The Morgan fingerprint density at radius 1 is 1.00 bits per heavy atom. The zero-order chi connectivity index (χ0) is 13.7. The molecule has 0 bridgehead atoms. The van der Waals surface area contributed by atoms with Gasteiger partial charge in [0.15, 0.2) is 5.11 Å². The second-order valence-electron chi connectivity index (χ2n) is 3.82. The van der Waals surface area contributed by atoms with Crippen LogP contribution in [0.1, 0.15) is 10.4 Å². The van der Waals surface area contributed by atoms with Crippen LogP contribution in [0.4, 0.5) is 5.69 Å². The molecule has 2 aromatic rings. The summed E-state index contributed by atoms with van der Waals surface area (Å²) in [7, 11) is 0. The molecule has 0 fully saturated rings. The van der Waals surface area contributed by atoms with Crippen molar-refractivity contribution in [1.29, 1.82) is 0 Å². The predicted molar refractivity (Wildman–Crippen MR) is 78.2 cm³/mol. The van der Waals surface area contributed by atoms with E-state index in [0.717, 1.165) is 0 Å². The molecule has 0 aliphatic carbocycles. The highest BCUT2D eigenvalue weighted by Crippen LogP contribution is 2.13. The number of hydrogen-bond donors (Lipinski definition) is 3. The second-order valence-corrected chi connectivity index (χ2v) is 4.23. The number of amides is 1. The Morgan fingerprint density at radius 2 is 1.63 bits per heavy atom. The molecule has 4 nitrogen and oxygen atoms in total. The molecule has 0 aliphatic heterocycles. The Balaban J connectivity index is 1.95. The lowest BCUT2D eigenvalue weighted by Gasteiger charge is -2.09. The molecule has 96 valence electrons. The minimum absolute atomic E-state index is 0.171. The molecular formula is C14H12N2O2S. The van der Waals surface area contributed by atoms with Crippen molar-refractivity contribution in [1.82, 2.24) is 5.32 Å². The average Bonchev–Trinajstić information content (AvgIpc) is 2.42. The van der Waals surface area contributed by atoms with Crippen molar-refractivity contribution in [2.45, 2.75) is 0 Å². The van der Waals surface area contributed by atoms with Crippen LogP contribution in [0.5, 0.6) is 5.75 Å². The van der Waals surface area contributed by atoms with Crippen molar-refractivity contribution in [3.63, 3.8) is 0 Å². The van der Waals surface area contributed by atoms with Gasteiger partial charge in [0.1, 0.15) is 5.75 Å². The van der Waals surface area contributed by atoms with Gasteiger partial charge in [-0.1, -0.05) is 18.2 Å². The Kier molecular flexibility index (Phi) is 4.10.